The first-order valence-corrected chi connectivity index (χ1v) is 5.45. The molecule has 1 unspecified atom stereocenters. The molecule has 0 aliphatic heterocycles. The molecule has 1 aromatic heterocycles. The highest BCUT2D eigenvalue weighted by Crippen LogP contribution is 2.33. The predicted molar refractivity (Wildman–Crippen MR) is 54.7 cm³/mol. The molecule has 3 heteroatoms. The van der Waals surface area contributed by atoms with Gasteiger partial charge in [0.2, 0.25) is 0 Å². The highest BCUT2D eigenvalue weighted by Gasteiger charge is 2.24. The van der Waals surface area contributed by atoms with Gasteiger partial charge in [-0.05, 0) is 24.8 Å². The monoisotopic (exact) mass is 194 g/mol. The van der Waals surface area contributed by atoms with Crippen LogP contribution in [0.1, 0.15) is 43.9 Å². The van der Waals surface area contributed by atoms with Crippen LogP contribution in [0.4, 0.5) is 0 Å². The van der Waals surface area contributed by atoms with Gasteiger partial charge < -0.3 is 5.11 Å². The zero-order valence-corrected chi connectivity index (χ0v) is 8.69. The average Bonchev–Trinajstić information content (AvgIpc) is 2.65. The van der Waals surface area contributed by atoms with Gasteiger partial charge in [-0.3, -0.25) is 4.68 Å². The Labute approximate surface area is 84.7 Å². The van der Waals surface area contributed by atoms with Crippen molar-refractivity contribution in [3.05, 3.63) is 18.0 Å². The molecule has 0 aromatic carbocycles. The first-order valence-electron chi connectivity index (χ1n) is 5.45. The fourth-order valence-corrected chi connectivity index (χ4v) is 2.37. The maximum atomic E-state index is 10.2. The van der Waals surface area contributed by atoms with Gasteiger partial charge in [-0.25, -0.2) is 0 Å². The summed E-state index contributed by atoms with van der Waals surface area (Å²) in [5, 5.41) is 14.2. The maximum absolute atomic E-state index is 10.2. The number of rotatable bonds is 2. The molecular formula is C11H18N2O. The molecule has 14 heavy (non-hydrogen) atoms. The molecule has 1 atom stereocenters. The Morgan fingerprint density at radius 2 is 2.14 bits per heavy atom. The summed E-state index contributed by atoms with van der Waals surface area (Å²) >= 11 is 0. The van der Waals surface area contributed by atoms with Crippen LogP contribution in [0.15, 0.2) is 12.3 Å². The zero-order chi connectivity index (χ0) is 9.97. The highest BCUT2D eigenvalue weighted by atomic mass is 16.3. The topological polar surface area (TPSA) is 38.0 Å². The van der Waals surface area contributed by atoms with Crippen molar-refractivity contribution in [2.75, 3.05) is 0 Å². The lowest BCUT2D eigenvalue weighted by atomic mass is 9.84. The van der Waals surface area contributed by atoms with Crippen molar-refractivity contribution in [2.24, 2.45) is 13.0 Å². The molecule has 1 fully saturated rings. The molecule has 0 spiro atoms. The fourth-order valence-electron chi connectivity index (χ4n) is 2.37. The molecular weight excluding hydrogens is 176 g/mol. The summed E-state index contributed by atoms with van der Waals surface area (Å²) in [5.41, 5.74) is 0.955. The summed E-state index contributed by atoms with van der Waals surface area (Å²) in [6.45, 7) is 0. The van der Waals surface area contributed by atoms with Crippen molar-refractivity contribution >= 4 is 0 Å². The van der Waals surface area contributed by atoms with Crippen LogP contribution < -0.4 is 0 Å². The molecule has 1 aliphatic carbocycles. The van der Waals surface area contributed by atoms with Crippen LogP contribution in [-0.2, 0) is 7.05 Å². The number of hydrogen-bond donors (Lipinski definition) is 1. The van der Waals surface area contributed by atoms with E-state index in [-0.39, 0.29) is 6.10 Å². The Morgan fingerprint density at radius 1 is 1.43 bits per heavy atom. The van der Waals surface area contributed by atoms with Crippen LogP contribution in [-0.4, -0.2) is 14.9 Å². The van der Waals surface area contributed by atoms with E-state index in [9.17, 15) is 5.11 Å². The standard InChI is InChI=1S/C11H18N2O/c1-13-10(7-8-12-13)11(14)9-5-3-2-4-6-9/h7-9,11,14H,2-6H2,1H3. The minimum atomic E-state index is -0.317. The summed E-state index contributed by atoms with van der Waals surface area (Å²) in [4.78, 5) is 0. The van der Waals surface area contributed by atoms with Gasteiger partial charge in [-0.15, -0.1) is 0 Å². The van der Waals surface area contributed by atoms with Gasteiger partial charge in [0.1, 0.15) is 0 Å². The Hall–Kier alpha value is -0.830. The summed E-state index contributed by atoms with van der Waals surface area (Å²) in [5.74, 6) is 0.444. The van der Waals surface area contributed by atoms with Crippen LogP contribution >= 0.6 is 0 Å². The highest BCUT2D eigenvalue weighted by molar-refractivity contribution is 5.05. The lowest BCUT2D eigenvalue weighted by Gasteiger charge is -2.26. The molecule has 1 N–H and O–H groups in total. The molecule has 0 amide bonds. The number of nitrogens with zero attached hydrogens (tertiary/aromatic N) is 2. The first kappa shape index (κ1) is 9.71. The third-order valence-corrected chi connectivity index (χ3v) is 3.26. The van der Waals surface area contributed by atoms with Crippen molar-refractivity contribution in [1.82, 2.24) is 9.78 Å². The van der Waals surface area contributed by atoms with Crippen molar-refractivity contribution in [3.63, 3.8) is 0 Å². The molecule has 2 rings (SSSR count). The minimum Gasteiger partial charge on any atom is -0.387 e. The first-order chi connectivity index (χ1) is 6.79. The molecule has 78 valence electrons. The second-order valence-electron chi connectivity index (χ2n) is 4.22. The van der Waals surface area contributed by atoms with Gasteiger partial charge in [0.05, 0.1) is 11.8 Å². The van der Waals surface area contributed by atoms with E-state index in [0.717, 1.165) is 18.5 Å². The maximum Gasteiger partial charge on any atom is 0.0984 e. The molecule has 1 aromatic rings. The minimum absolute atomic E-state index is 0.317. The van der Waals surface area contributed by atoms with Crippen LogP contribution in [0, 0.1) is 5.92 Å². The lowest BCUT2D eigenvalue weighted by Crippen LogP contribution is -2.18. The number of aromatic nitrogens is 2. The van der Waals surface area contributed by atoms with E-state index < -0.39 is 0 Å². The van der Waals surface area contributed by atoms with Gasteiger partial charge >= 0.3 is 0 Å². The Bertz CT molecular complexity index is 289. The van der Waals surface area contributed by atoms with Crippen LogP contribution in [0.25, 0.3) is 0 Å². The van der Waals surface area contributed by atoms with Crippen LogP contribution in [0.5, 0.6) is 0 Å². The van der Waals surface area contributed by atoms with E-state index in [2.05, 4.69) is 5.10 Å². The summed E-state index contributed by atoms with van der Waals surface area (Å²) < 4.78 is 1.78. The Morgan fingerprint density at radius 3 is 2.71 bits per heavy atom. The van der Waals surface area contributed by atoms with E-state index in [4.69, 9.17) is 0 Å². The number of aliphatic hydroxyl groups excluding tert-OH is 1. The van der Waals surface area contributed by atoms with Crippen molar-refractivity contribution in [2.45, 2.75) is 38.2 Å². The van der Waals surface area contributed by atoms with Crippen LogP contribution in [0.3, 0.4) is 0 Å². The van der Waals surface area contributed by atoms with Crippen molar-refractivity contribution < 1.29 is 5.11 Å². The molecule has 1 aliphatic rings. The van der Waals surface area contributed by atoms with E-state index in [1.54, 1.807) is 10.9 Å². The third-order valence-electron chi connectivity index (χ3n) is 3.26. The fraction of sp³-hybridized carbons (Fsp3) is 0.727. The normalized spacial score (nSPS) is 21.0. The number of hydrogen-bond acceptors (Lipinski definition) is 2. The van der Waals surface area contributed by atoms with Crippen molar-refractivity contribution in [1.29, 1.82) is 0 Å². The number of aryl methyl sites for hydroxylation is 1. The quantitative estimate of drug-likeness (QED) is 0.782. The Balaban J connectivity index is 2.07. The Kier molecular flexibility index (Phi) is 2.87. The van der Waals surface area contributed by atoms with Gasteiger partial charge in [0, 0.05) is 13.2 Å². The van der Waals surface area contributed by atoms with Gasteiger partial charge in [0.15, 0.2) is 0 Å². The molecule has 1 heterocycles. The van der Waals surface area contributed by atoms with E-state index in [1.807, 2.05) is 13.1 Å². The van der Waals surface area contributed by atoms with Gasteiger partial charge in [-0.1, -0.05) is 19.3 Å². The molecule has 3 nitrogen and oxygen atoms in total. The van der Waals surface area contributed by atoms with Crippen LogP contribution in [0.2, 0.25) is 0 Å². The molecule has 0 saturated heterocycles. The number of aliphatic hydroxyl groups is 1. The average molecular weight is 194 g/mol. The molecule has 1 saturated carbocycles. The summed E-state index contributed by atoms with van der Waals surface area (Å²) in [6, 6.07) is 1.92. The second-order valence-corrected chi connectivity index (χ2v) is 4.22. The van der Waals surface area contributed by atoms with E-state index in [1.165, 1.54) is 19.3 Å². The van der Waals surface area contributed by atoms with E-state index in [0.29, 0.717) is 5.92 Å². The zero-order valence-electron chi connectivity index (χ0n) is 8.69. The predicted octanol–water partition coefficient (Wildman–Crippen LogP) is 2.03. The van der Waals surface area contributed by atoms with Crippen molar-refractivity contribution in [3.8, 4) is 0 Å². The molecule has 0 radical (unpaired) electrons. The third kappa shape index (κ3) is 1.82. The summed E-state index contributed by atoms with van der Waals surface area (Å²) in [7, 11) is 1.89. The largest absolute Gasteiger partial charge is 0.387 e. The molecule has 0 bridgehead atoms. The SMILES string of the molecule is Cn1nccc1C(O)C1CCCCC1. The second kappa shape index (κ2) is 4.13. The van der Waals surface area contributed by atoms with E-state index >= 15 is 0 Å². The lowest BCUT2D eigenvalue weighted by molar-refractivity contribution is 0.0777. The van der Waals surface area contributed by atoms with Gasteiger partial charge in [0.25, 0.3) is 0 Å². The summed E-state index contributed by atoms with van der Waals surface area (Å²) in [6.07, 6.45) is 7.61. The smallest absolute Gasteiger partial charge is 0.0984 e. The van der Waals surface area contributed by atoms with Gasteiger partial charge in [-0.2, -0.15) is 5.10 Å².